The van der Waals surface area contributed by atoms with Crippen molar-refractivity contribution >= 4 is 16.0 Å². The Bertz CT molecular complexity index is 673. The minimum Gasteiger partial charge on any atom is -0.480 e. The van der Waals surface area contributed by atoms with Gasteiger partial charge in [0.05, 0.1) is 4.90 Å². The number of nitrogens with one attached hydrogen (secondary N) is 1. The molecule has 0 spiro atoms. The van der Waals surface area contributed by atoms with Crippen LogP contribution in [-0.4, -0.2) is 25.5 Å². The first-order chi connectivity index (χ1) is 10.3. The Morgan fingerprint density at radius 2 is 2.14 bits per heavy atom. The van der Waals surface area contributed by atoms with Gasteiger partial charge in [-0.2, -0.15) is 4.72 Å². The van der Waals surface area contributed by atoms with Crippen LogP contribution in [0, 0.1) is 17.7 Å². The van der Waals surface area contributed by atoms with Gasteiger partial charge in [0.1, 0.15) is 11.9 Å². The molecule has 0 aromatic heterocycles. The van der Waals surface area contributed by atoms with Crippen LogP contribution in [-0.2, 0) is 21.4 Å². The van der Waals surface area contributed by atoms with Crippen molar-refractivity contribution in [2.24, 2.45) is 17.6 Å². The number of benzene rings is 1. The van der Waals surface area contributed by atoms with Gasteiger partial charge in [0.2, 0.25) is 10.0 Å². The predicted octanol–water partition coefficient (Wildman–Crippen LogP) is 1.06. The first-order valence-electron chi connectivity index (χ1n) is 7.00. The van der Waals surface area contributed by atoms with Gasteiger partial charge in [-0.3, -0.25) is 4.79 Å². The van der Waals surface area contributed by atoms with Crippen molar-refractivity contribution in [1.29, 1.82) is 0 Å². The molecule has 22 heavy (non-hydrogen) atoms. The van der Waals surface area contributed by atoms with E-state index in [1.165, 1.54) is 0 Å². The maximum Gasteiger partial charge on any atom is 0.322 e. The summed E-state index contributed by atoms with van der Waals surface area (Å²) in [5.74, 6) is -1.90. The van der Waals surface area contributed by atoms with Crippen LogP contribution in [0.3, 0.4) is 0 Å². The fourth-order valence-corrected chi connectivity index (χ4v) is 3.72. The lowest BCUT2D eigenvalue weighted by molar-refractivity contribution is -0.140. The number of carboxylic acids is 1. The van der Waals surface area contributed by atoms with Gasteiger partial charge < -0.3 is 10.8 Å². The van der Waals surface area contributed by atoms with Crippen LogP contribution in [0.4, 0.5) is 4.39 Å². The number of rotatable bonds is 7. The topological polar surface area (TPSA) is 109 Å². The fraction of sp³-hybridized carbons (Fsp3) is 0.500. The molecule has 1 fully saturated rings. The molecule has 0 unspecified atom stereocenters. The summed E-state index contributed by atoms with van der Waals surface area (Å²) < 4.78 is 40.3. The third kappa shape index (κ3) is 3.63. The fourth-order valence-electron chi connectivity index (χ4n) is 2.39. The highest BCUT2D eigenvalue weighted by Crippen LogP contribution is 2.38. The molecule has 0 amide bonds. The molecule has 1 aliphatic rings. The summed E-state index contributed by atoms with van der Waals surface area (Å²) in [4.78, 5) is 11.2. The van der Waals surface area contributed by atoms with E-state index in [1.54, 1.807) is 6.92 Å². The molecule has 1 aromatic rings. The van der Waals surface area contributed by atoms with E-state index in [0.717, 1.165) is 31.0 Å². The van der Waals surface area contributed by atoms with Crippen LogP contribution in [0.25, 0.3) is 0 Å². The minimum atomic E-state index is -4.06. The highest BCUT2D eigenvalue weighted by Gasteiger charge is 2.39. The average molecular weight is 330 g/mol. The smallest absolute Gasteiger partial charge is 0.322 e. The van der Waals surface area contributed by atoms with E-state index in [1.807, 2.05) is 0 Å². The van der Waals surface area contributed by atoms with E-state index in [2.05, 4.69) is 4.72 Å². The molecule has 8 heteroatoms. The van der Waals surface area contributed by atoms with Crippen LogP contribution < -0.4 is 10.5 Å². The maximum absolute atomic E-state index is 13.4. The molecule has 0 radical (unpaired) electrons. The van der Waals surface area contributed by atoms with Gasteiger partial charge in [-0.25, -0.2) is 12.8 Å². The number of hydrogen-bond acceptors (Lipinski definition) is 4. The summed E-state index contributed by atoms with van der Waals surface area (Å²) in [7, 11) is -4.06. The molecule has 1 aromatic carbocycles. The SMILES string of the molecule is C[C@@H](C1CC1)[C@@H](NS(=O)(=O)c1ccc(F)c(CN)c1)C(=O)O. The Morgan fingerprint density at radius 1 is 1.50 bits per heavy atom. The van der Waals surface area contributed by atoms with Gasteiger partial charge in [-0.15, -0.1) is 0 Å². The normalized spacial score (nSPS) is 18.0. The van der Waals surface area contributed by atoms with Crippen LogP contribution in [0.1, 0.15) is 25.3 Å². The van der Waals surface area contributed by atoms with Crippen molar-refractivity contribution in [2.45, 2.75) is 37.2 Å². The van der Waals surface area contributed by atoms with Crippen molar-refractivity contribution in [1.82, 2.24) is 4.72 Å². The van der Waals surface area contributed by atoms with E-state index in [-0.39, 0.29) is 28.8 Å². The minimum absolute atomic E-state index is 0.0602. The second-order valence-electron chi connectivity index (χ2n) is 5.59. The monoisotopic (exact) mass is 330 g/mol. The lowest BCUT2D eigenvalue weighted by atomic mass is 9.98. The number of halogens is 1. The lowest BCUT2D eigenvalue weighted by Crippen LogP contribution is -2.45. The van der Waals surface area contributed by atoms with Crippen LogP contribution >= 0.6 is 0 Å². The van der Waals surface area contributed by atoms with Crippen LogP contribution in [0.5, 0.6) is 0 Å². The summed E-state index contributed by atoms with van der Waals surface area (Å²) >= 11 is 0. The van der Waals surface area contributed by atoms with Crippen molar-refractivity contribution in [3.05, 3.63) is 29.6 Å². The molecule has 4 N–H and O–H groups in total. The Morgan fingerprint density at radius 3 is 2.64 bits per heavy atom. The number of carboxylic acid groups (broad SMARTS) is 1. The number of carbonyl (C=O) groups is 1. The van der Waals surface area contributed by atoms with Gasteiger partial charge in [-0.1, -0.05) is 6.92 Å². The summed E-state index contributed by atoms with van der Waals surface area (Å²) in [6.07, 6.45) is 1.81. The molecule has 1 saturated carbocycles. The average Bonchev–Trinajstić information content (AvgIpc) is 3.28. The zero-order valence-corrected chi connectivity index (χ0v) is 12.9. The molecule has 2 rings (SSSR count). The Balaban J connectivity index is 2.27. The molecule has 2 atom stereocenters. The molecule has 1 aliphatic carbocycles. The van der Waals surface area contributed by atoms with E-state index in [9.17, 15) is 22.7 Å². The van der Waals surface area contributed by atoms with Gasteiger partial charge >= 0.3 is 5.97 Å². The van der Waals surface area contributed by atoms with E-state index in [0.29, 0.717) is 0 Å². The van der Waals surface area contributed by atoms with Crippen molar-refractivity contribution in [2.75, 3.05) is 0 Å². The number of aliphatic carboxylic acids is 1. The predicted molar refractivity (Wildman–Crippen MR) is 77.9 cm³/mol. The van der Waals surface area contributed by atoms with E-state index < -0.39 is 27.9 Å². The number of sulfonamides is 1. The Hall–Kier alpha value is -1.51. The van der Waals surface area contributed by atoms with Crippen molar-refractivity contribution in [3.8, 4) is 0 Å². The third-order valence-corrected chi connectivity index (χ3v) is 5.43. The highest BCUT2D eigenvalue weighted by molar-refractivity contribution is 7.89. The van der Waals surface area contributed by atoms with Gasteiger partial charge in [0, 0.05) is 12.1 Å². The number of hydrogen-bond donors (Lipinski definition) is 3. The highest BCUT2D eigenvalue weighted by atomic mass is 32.2. The largest absolute Gasteiger partial charge is 0.480 e. The van der Waals surface area contributed by atoms with Gasteiger partial charge in [-0.05, 0) is 42.9 Å². The maximum atomic E-state index is 13.4. The standard InChI is InChI=1S/C14H19FN2O4S/c1-8(9-2-3-9)13(14(18)19)17-22(20,21)11-4-5-12(15)10(6-11)7-16/h4-6,8-9,13,17H,2-3,7,16H2,1H3,(H,18,19)/t8-,13+/m0/s1. The molecular weight excluding hydrogens is 311 g/mol. The van der Waals surface area contributed by atoms with Gasteiger partial charge in [0.15, 0.2) is 0 Å². The van der Waals surface area contributed by atoms with Crippen molar-refractivity contribution < 1.29 is 22.7 Å². The molecule has 0 heterocycles. The zero-order chi connectivity index (χ0) is 16.5. The van der Waals surface area contributed by atoms with E-state index >= 15 is 0 Å². The van der Waals surface area contributed by atoms with Crippen LogP contribution in [0.15, 0.2) is 23.1 Å². The molecule has 6 nitrogen and oxygen atoms in total. The van der Waals surface area contributed by atoms with Crippen molar-refractivity contribution in [3.63, 3.8) is 0 Å². The second kappa shape index (κ2) is 6.31. The Labute approximate surface area is 128 Å². The third-order valence-electron chi connectivity index (χ3n) is 3.99. The molecule has 0 bridgehead atoms. The molecule has 122 valence electrons. The zero-order valence-electron chi connectivity index (χ0n) is 12.1. The Kier molecular flexibility index (Phi) is 4.84. The summed E-state index contributed by atoms with van der Waals surface area (Å²) in [5, 5.41) is 9.27. The first-order valence-corrected chi connectivity index (χ1v) is 8.48. The second-order valence-corrected chi connectivity index (χ2v) is 7.31. The first kappa shape index (κ1) is 16.9. The molecular formula is C14H19FN2O4S. The summed E-state index contributed by atoms with van der Waals surface area (Å²) in [6, 6.07) is 2.02. The molecule has 0 saturated heterocycles. The summed E-state index contributed by atoms with van der Waals surface area (Å²) in [5.41, 5.74) is 5.42. The number of nitrogens with two attached hydrogens (primary N) is 1. The lowest BCUT2D eigenvalue weighted by Gasteiger charge is -2.21. The van der Waals surface area contributed by atoms with Crippen LogP contribution in [0.2, 0.25) is 0 Å². The molecule has 0 aliphatic heterocycles. The van der Waals surface area contributed by atoms with E-state index in [4.69, 9.17) is 5.73 Å². The summed E-state index contributed by atoms with van der Waals surface area (Å²) in [6.45, 7) is 1.57. The quantitative estimate of drug-likeness (QED) is 0.692. The van der Waals surface area contributed by atoms with Gasteiger partial charge in [0.25, 0.3) is 0 Å².